The molecule has 1 heterocycles. The van der Waals surface area contributed by atoms with Gasteiger partial charge in [-0.05, 0) is 48.0 Å². The third kappa shape index (κ3) is 5.42. The Labute approximate surface area is 196 Å². The number of hydrogen-bond donors (Lipinski definition) is 1. The lowest BCUT2D eigenvalue weighted by atomic mass is 10.2. The number of nitrogens with zero attached hydrogens (tertiary/aromatic N) is 2. The molecule has 0 aliphatic carbocycles. The predicted octanol–water partition coefficient (Wildman–Crippen LogP) is 4.44. The second-order valence-electron chi connectivity index (χ2n) is 7.09. The highest BCUT2D eigenvalue weighted by Crippen LogP contribution is 2.23. The topological polar surface area (TPSA) is 90.3 Å². The number of hydrogen-bond acceptors (Lipinski definition) is 5. The maximum atomic E-state index is 12.7. The van der Waals surface area contributed by atoms with Crippen molar-refractivity contribution in [1.82, 2.24) is 9.78 Å². The van der Waals surface area contributed by atoms with Gasteiger partial charge in [0.15, 0.2) is 6.61 Å². The molecular weight excluding hydrogens is 462 g/mol. The van der Waals surface area contributed by atoms with Crippen LogP contribution >= 0.6 is 11.6 Å². The molecule has 9 heteroatoms. The molecule has 0 spiro atoms. The fourth-order valence-electron chi connectivity index (χ4n) is 3.13. The molecule has 7 nitrogen and oxygen atoms in total. The summed E-state index contributed by atoms with van der Waals surface area (Å²) >= 11 is 6.20. The van der Waals surface area contributed by atoms with E-state index in [-0.39, 0.29) is 22.3 Å². The maximum absolute atomic E-state index is 12.7. The average molecular weight is 482 g/mol. The van der Waals surface area contributed by atoms with Crippen LogP contribution in [0.1, 0.15) is 5.56 Å². The van der Waals surface area contributed by atoms with E-state index in [0.29, 0.717) is 23.1 Å². The first-order chi connectivity index (χ1) is 15.9. The monoisotopic (exact) mass is 481 g/mol. The summed E-state index contributed by atoms with van der Waals surface area (Å²) < 4.78 is 32.4. The van der Waals surface area contributed by atoms with Crippen LogP contribution in [0.5, 0.6) is 5.75 Å². The van der Waals surface area contributed by atoms with Gasteiger partial charge in [0.1, 0.15) is 11.6 Å². The predicted molar refractivity (Wildman–Crippen MR) is 125 cm³/mol. The first-order valence-electron chi connectivity index (χ1n) is 10.0. The van der Waals surface area contributed by atoms with Gasteiger partial charge in [-0.1, -0.05) is 48.0 Å². The second kappa shape index (κ2) is 9.89. The van der Waals surface area contributed by atoms with Crippen molar-refractivity contribution in [3.8, 4) is 5.75 Å². The molecule has 0 saturated heterocycles. The number of carbonyl (C=O) groups excluding carboxylic acids is 1. The Kier molecular flexibility index (Phi) is 6.76. The van der Waals surface area contributed by atoms with Crippen LogP contribution in [0.2, 0.25) is 5.02 Å². The molecule has 0 saturated carbocycles. The Morgan fingerprint density at radius 1 is 0.909 bits per heavy atom. The summed E-state index contributed by atoms with van der Waals surface area (Å²) in [5, 5.41) is 7.60. The van der Waals surface area contributed by atoms with Crippen molar-refractivity contribution in [2.24, 2.45) is 0 Å². The number of ether oxygens (including phenoxy) is 1. The van der Waals surface area contributed by atoms with Gasteiger partial charge in [0.2, 0.25) is 9.84 Å². The smallest absolute Gasteiger partial charge is 0.263 e. The highest BCUT2D eigenvalue weighted by molar-refractivity contribution is 7.91. The molecule has 0 atom stereocenters. The Hall–Kier alpha value is -3.62. The molecule has 1 N–H and O–H groups in total. The fraction of sp³-hybridized carbons (Fsp3) is 0.0833. The molecule has 4 aromatic rings. The molecule has 1 amide bonds. The van der Waals surface area contributed by atoms with E-state index in [2.05, 4.69) is 10.4 Å². The highest BCUT2D eigenvalue weighted by Gasteiger charge is 2.17. The minimum Gasteiger partial charge on any atom is -0.484 e. The van der Waals surface area contributed by atoms with Gasteiger partial charge in [-0.15, -0.1) is 0 Å². The van der Waals surface area contributed by atoms with Gasteiger partial charge in [0, 0.05) is 11.1 Å². The Bertz CT molecular complexity index is 1350. The molecule has 3 aromatic carbocycles. The van der Waals surface area contributed by atoms with Crippen molar-refractivity contribution in [3.63, 3.8) is 0 Å². The lowest BCUT2D eigenvalue weighted by Crippen LogP contribution is -2.22. The third-order valence-electron chi connectivity index (χ3n) is 4.82. The number of aromatic nitrogens is 2. The zero-order valence-electron chi connectivity index (χ0n) is 17.4. The summed E-state index contributed by atoms with van der Waals surface area (Å²) in [5.41, 5.74) is 0.875. The number of carbonyl (C=O) groups is 1. The first kappa shape index (κ1) is 22.6. The van der Waals surface area contributed by atoms with Crippen LogP contribution in [0.15, 0.2) is 101 Å². The Balaban J connectivity index is 1.36. The third-order valence-corrected chi connectivity index (χ3v) is 6.97. The van der Waals surface area contributed by atoms with Crippen molar-refractivity contribution in [3.05, 3.63) is 102 Å². The van der Waals surface area contributed by atoms with E-state index in [0.717, 1.165) is 5.56 Å². The lowest BCUT2D eigenvalue weighted by molar-refractivity contribution is -0.118. The van der Waals surface area contributed by atoms with Gasteiger partial charge in [0.25, 0.3) is 5.91 Å². The van der Waals surface area contributed by atoms with E-state index in [4.69, 9.17) is 16.3 Å². The van der Waals surface area contributed by atoms with Gasteiger partial charge in [-0.2, -0.15) is 5.10 Å². The van der Waals surface area contributed by atoms with Gasteiger partial charge >= 0.3 is 0 Å². The Morgan fingerprint density at radius 2 is 1.58 bits per heavy atom. The minimum absolute atomic E-state index is 0.147. The molecular formula is C24H20ClN3O4S. The van der Waals surface area contributed by atoms with Crippen LogP contribution in [-0.2, 0) is 21.2 Å². The molecule has 0 aliphatic heterocycles. The van der Waals surface area contributed by atoms with E-state index in [1.54, 1.807) is 53.3 Å². The number of benzene rings is 3. The van der Waals surface area contributed by atoms with Gasteiger partial charge in [0.05, 0.1) is 22.5 Å². The van der Waals surface area contributed by atoms with Gasteiger partial charge < -0.3 is 10.1 Å². The molecule has 168 valence electrons. The molecule has 33 heavy (non-hydrogen) atoms. The van der Waals surface area contributed by atoms with E-state index in [1.807, 2.05) is 18.2 Å². The summed E-state index contributed by atoms with van der Waals surface area (Å²) in [5.74, 6) is 0.506. The highest BCUT2D eigenvalue weighted by atomic mass is 35.5. The van der Waals surface area contributed by atoms with Crippen LogP contribution in [0.3, 0.4) is 0 Å². The summed E-state index contributed by atoms with van der Waals surface area (Å²) in [6.45, 7) is 0.155. The summed E-state index contributed by atoms with van der Waals surface area (Å²) in [4.78, 5) is 12.7. The lowest BCUT2D eigenvalue weighted by Gasteiger charge is -2.11. The number of amides is 1. The normalized spacial score (nSPS) is 11.2. The van der Waals surface area contributed by atoms with E-state index < -0.39 is 9.84 Å². The zero-order valence-corrected chi connectivity index (χ0v) is 19.0. The van der Waals surface area contributed by atoms with E-state index in [1.165, 1.54) is 24.3 Å². The van der Waals surface area contributed by atoms with E-state index in [9.17, 15) is 13.2 Å². The molecule has 0 aliphatic rings. The summed E-state index contributed by atoms with van der Waals surface area (Å²) in [7, 11) is -3.61. The van der Waals surface area contributed by atoms with Crippen LogP contribution < -0.4 is 10.1 Å². The van der Waals surface area contributed by atoms with Crippen LogP contribution in [0, 0.1) is 0 Å². The molecule has 0 fully saturated rings. The van der Waals surface area contributed by atoms with Crippen molar-refractivity contribution < 1.29 is 17.9 Å². The number of rotatable bonds is 8. The van der Waals surface area contributed by atoms with Crippen LogP contribution in [0.25, 0.3) is 0 Å². The largest absolute Gasteiger partial charge is 0.484 e. The molecule has 0 unspecified atom stereocenters. The molecule has 0 bridgehead atoms. The number of sulfone groups is 1. The summed E-state index contributed by atoms with van der Waals surface area (Å²) in [6.07, 6.45) is 1.58. The Morgan fingerprint density at radius 3 is 2.30 bits per heavy atom. The average Bonchev–Trinajstić information content (AvgIpc) is 3.26. The summed E-state index contributed by atoms with van der Waals surface area (Å²) in [6, 6.07) is 23.2. The SMILES string of the molecule is O=C(COc1ccc(S(=O)(=O)c2ccccc2)cc1)Nc1ccnn1Cc1ccccc1Cl. The zero-order chi connectivity index (χ0) is 23.3. The number of nitrogens with one attached hydrogen (secondary N) is 1. The van der Waals surface area contributed by atoms with Crippen molar-refractivity contribution in [1.29, 1.82) is 0 Å². The van der Waals surface area contributed by atoms with Gasteiger partial charge in [-0.25, -0.2) is 13.1 Å². The second-order valence-corrected chi connectivity index (χ2v) is 9.45. The van der Waals surface area contributed by atoms with Crippen LogP contribution in [0.4, 0.5) is 5.82 Å². The van der Waals surface area contributed by atoms with Crippen molar-refractivity contribution >= 4 is 33.2 Å². The first-order valence-corrected chi connectivity index (χ1v) is 11.9. The minimum atomic E-state index is -3.61. The molecule has 4 rings (SSSR count). The van der Waals surface area contributed by atoms with Gasteiger partial charge in [-0.3, -0.25) is 4.79 Å². The van der Waals surface area contributed by atoms with Crippen molar-refractivity contribution in [2.45, 2.75) is 16.3 Å². The standard InChI is InChI=1S/C24H20ClN3O4S/c25-22-9-5-4-6-18(22)16-28-23(14-15-26-28)27-24(29)17-32-19-10-12-21(13-11-19)33(30,31)20-7-2-1-3-8-20/h1-15H,16-17H2,(H,27,29). The number of anilines is 1. The number of halogens is 1. The fourth-order valence-corrected chi connectivity index (χ4v) is 4.61. The van der Waals surface area contributed by atoms with E-state index >= 15 is 0 Å². The van der Waals surface area contributed by atoms with Crippen molar-refractivity contribution in [2.75, 3.05) is 11.9 Å². The van der Waals surface area contributed by atoms with Crippen LogP contribution in [-0.4, -0.2) is 30.7 Å². The quantitative estimate of drug-likeness (QED) is 0.402. The maximum Gasteiger partial charge on any atom is 0.263 e. The molecule has 1 aromatic heterocycles. The molecule has 0 radical (unpaired) electrons.